The molecular weight excluding hydrogens is 315 g/mol. The molecule has 0 spiro atoms. The van der Waals surface area contributed by atoms with Gasteiger partial charge in [0.2, 0.25) is 5.91 Å². The Morgan fingerprint density at radius 3 is 2.68 bits per heavy atom. The van der Waals surface area contributed by atoms with E-state index in [4.69, 9.17) is 0 Å². The van der Waals surface area contributed by atoms with Crippen LogP contribution in [0.2, 0.25) is 0 Å². The SMILES string of the molecule is CCCNC(=O)CN(C)C(=O)c1c(F)cccc1Br. The number of rotatable bonds is 5. The number of benzene rings is 1. The molecule has 1 N–H and O–H groups in total. The van der Waals surface area contributed by atoms with Crippen LogP contribution >= 0.6 is 15.9 Å². The van der Waals surface area contributed by atoms with E-state index >= 15 is 0 Å². The van der Waals surface area contributed by atoms with Gasteiger partial charge in [-0.2, -0.15) is 0 Å². The number of hydrogen-bond donors (Lipinski definition) is 1. The Labute approximate surface area is 120 Å². The Morgan fingerprint density at radius 1 is 1.42 bits per heavy atom. The number of carbonyl (C=O) groups is 2. The standard InChI is InChI=1S/C13H16BrFN2O2/c1-3-7-16-11(18)8-17(2)13(19)12-9(14)5-4-6-10(12)15/h4-6H,3,7-8H2,1-2H3,(H,16,18). The highest BCUT2D eigenvalue weighted by molar-refractivity contribution is 9.10. The Bertz CT molecular complexity index is 459. The van der Waals surface area contributed by atoms with Crippen molar-refractivity contribution in [2.75, 3.05) is 20.1 Å². The zero-order valence-corrected chi connectivity index (χ0v) is 12.5. The normalized spacial score (nSPS) is 10.1. The van der Waals surface area contributed by atoms with E-state index in [1.54, 1.807) is 6.07 Å². The molecule has 1 rings (SSSR count). The van der Waals surface area contributed by atoms with E-state index in [2.05, 4.69) is 21.2 Å². The molecule has 0 unspecified atom stereocenters. The number of halogens is 2. The summed E-state index contributed by atoms with van der Waals surface area (Å²) in [5.74, 6) is -1.40. The van der Waals surface area contributed by atoms with Gasteiger partial charge >= 0.3 is 0 Å². The molecule has 1 aromatic carbocycles. The number of amides is 2. The minimum atomic E-state index is -0.611. The lowest BCUT2D eigenvalue weighted by molar-refractivity contribution is -0.121. The fourth-order valence-electron chi connectivity index (χ4n) is 1.50. The predicted molar refractivity (Wildman–Crippen MR) is 74.4 cm³/mol. The minimum Gasteiger partial charge on any atom is -0.355 e. The third-order valence-corrected chi connectivity index (χ3v) is 3.14. The summed E-state index contributed by atoms with van der Waals surface area (Å²) >= 11 is 3.14. The van der Waals surface area contributed by atoms with Gasteiger partial charge in [-0.05, 0) is 34.5 Å². The van der Waals surface area contributed by atoms with Gasteiger partial charge in [-0.1, -0.05) is 13.0 Å². The van der Waals surface area contributed by atoms with Crippen LogP contribution in [0.25, 0.3) is 0 Å². The number of hydrogen-bond acceptors (Lipinski definition) is 2. The van der Waals surface area contributed by atoms with Gasteiger partial charge in [-0.15, -0.1) is 0 Å². The lowest BCUT2D eigenvalue weighted by atomic mass is 10.2. The van der Waals surface area contributed by atoms with Gasteiger partial charge in [0.25, 0.3) is 5.91 Å². The molecule has 0 aliphatic rings. The Morgan fingerprint density at radius 2 is 2.11 bits per heavy atom. The van der Waals surface area contributed by atoms with E-state index in [0.717, 1.165) is 6.42 Å². The largest absolute Gasteiger partial charge is 0.355 e. The van der Waals surface area contributed by atoms with Crippen LogP contribution in [0.15, 0.2) is 22.7 Å². The quantitative estimate of drug-likeness (QED) is 0.899. The van der Waals surface area contributed by atoms with E-state index in [1.807, 2.05) is 6.92 Å². The van der Waals surface area contributed by atoms with Crippen LogP contribution in [0.1, 0.15) is 23.7 Å². The van der Waals surface area contributed by atoms with E-state index in [-0.39, 0.29) is 18.0 Å². The maximum Gasteiger partial charge on any atom is 0.258 e. The average Bonchev–Trinajstić information content (AvgIpc) is 2.35. The van der Waals surface area contributed by atoms with Gasteiger partial charge in [0.1, 0.15) is 5.82 Å². The molecule has 0 radical (unpaired) electrons. The molecule has 1 aromatic rings. The summed E-state index contributed by atoms with van der Waals surface area (Å²) in [7, 11) is 1.47. The van der Waals surface area contributed by atoms with Crippen LogP contribution in [0, 0.1) is 5.82 Å². The monoisotopic (exact) mass is 330 g/mol. The lowest BCUT2D eigenvalue weighted by Gasteiger charge is -2.17. The second-order valence-corrected chi connectivity index (χ2v) is 4.96. The second kappa shape index (κ2) is 7.23. The zero-order valence-electron chi connectivity index (χ0n) is 10.9. The topological polar surface area (TPSA) is 49.4 Å². The third-order valence-electron chi connectivity index (χ3n) is 2.48. The summed E-state index contributed by atoms with van der Waals surface area (Å²) < 4.78 is 14.0. The van der Waals surface area contributed by atoms with Gasteiger partial charge in [0.05, 0.1) is 12.1 Å². The molecule has 2 amide bonds. The average molecular weight is 331 g/mol. The third kappa shape index (κ3) is 4.31. The van der Waals surface area contributed by atoms with Crippen molar-refractivity contribution in [1.29, 1.82) is 0 Å². The number of carbonyl (C=O) groups excluding carboxylic acids is 2. The van der Waals surface area contributed by atoms with Crippen LogP contribution in [-0.4, -0.2) is 36.9 Å². The van der Waals surface area contributed by atoms with Crippen molar-refractivity contribution in [3.05, 3.63) is 34.1 Å². The fourth-order valence-corrected chi connectivity index (χ4v) is 2.01. The first-order chi connectivity index (χ1) is 8.97. The molecule has 0 saturated heterocycles. The molecule has 4 nitrogen and oxygen atoms in total. The van der Waals surface area contributed by atoms with E-state index < -0.39 is 11.7 Å². The van der Waals surface area contributed by atoms with E-state index in [1.165, 1.54) is 24.1 Å². The van der Waals surface area contributed by atoms with Crippen molar-refractivity contribution in [2.24, 2.45) is 0 Å². The summed E-state index contributed by atoms with van der Waals surface area (Å²) in [6.07, 6.45) is 0.822. The molecule has 0 aromatic heterocycles. The number of nitrogens with zero attached hydrogens (tertiary/aromatic N) is 1. The maximum atomic E-state index is 13.6. The molecule has 104 valence electrons. The van der Waals surface area contributed by atoms with Crippen molar-refractivity contribution in [1.82, 2.24) is 10.2 Å². The van der Waals surface area contributed by atoms with Crippen LogP contribution in [-0.2, 0) is 4.79 Å². The molecule has 0 heterocycles. The summed E-state index contributed by atoms with van der Waals surface area (Å²) in [5, 5.41) is 2.66. The molecule has 0 bridgehead atoms. The molecule has 19 heavy (non-hydrogen) atoms. The second-order valence-electron chi connectivity index (χ2n) is 4.11. The van der Waals surface area contributed by atoms with Crippen molar-refractivity contribution < 1.29 is 14.0 Å². The smallest absolute Gasteiger partial charge is 0.258 e. The van der Waals surface area contributed by atoms with E-state index in [9.17, 15) is 14.0 Å². The van der Waals surface area contributed by atoms with Gasteiger partial charge in [0.15, 0.2) is 0 Å². The highest BCUT2D eigenvalue weighted by atomic mass is 79.9. The summed E-state index contributed by atoms with van der Waals surface area (Å²) in [4.78, 5) is 24.8. The fraction of sp³-hybridized carbons (Fsp3) is 0.385. The predicted octanol–water partition coefficient (Wildman–Crippen LogP) is 2.19. The van der Waals surface area contributed by atoms with Crippen LogP contribution in [0.5, 0.6) is 0 Å². The summed E-state index contributed by atoms with van der Waals surface area (Å²) in [6.45, 7) is 2.40. The van der Waals surface area contributed by atoms with Gasteiger partial charge in [0, 0.05) is 18.1 Å². The summed E-state index contributed by atoms with van der Waals surface area (Å²) in [6, 6.07) is 4.30. The lowest BCUT2D eigenvalue weighted by Crippen LogP contribution is -2.39. The van der Waals surface area contributed by atoms with Crippen LogP contribution in [0.4, 0.5) is 4.39 Å². The number of nitrogens with one attached hydrogen (secondary N) is 1. The maximum absolute atomic E-state index is 13.6. The van der Waals surface area contributed by atoms with Crippen LogP contribution in [0.3, 0.4) is 0 Å². The molecule has 0 saturated carbocycles. The Kier molecular flexibility index (Phi) is 5.95. The molecule has 0 aliphatic carbocycles. The highest BCUT2D eigenvalue weighted by Gasteiger charge is 2.20. The summed E-state index contributed by atoms with van der Waals surface area (Å²) in [5.41, 5.74) is -0.0618. The molecule has 0 atom stereocenters. The van der Waals surface area contributed by atoms with E-state index in [0.29, 0.717) is 11.0 Å². The zero-order chi connectivity index (χ0) is 14.4. The first kappa shape index (κ1) is 15.6. The van der Waals surface area contributed by atoms with Crippen molar-refractivity contribution in [3.63, 3.8) is 0 Å². The molecule has 0 fully saturated rings. The van der Waals surface area contributed by atoms with Crippen LogP contribution < -0.4 is 5.32 Å². The van der Waals surface area contributed by atoms with Crippen molar-refractivity contribution >= 4 is 27.7 Å². The Hall–Kier alpha value is -1.43. The highest BCUT2D eigenvalue weighted by Crippen LogP contribution is 2.20. The first-order valence-electron chi connectivity index (χ1n) is 5.93. The van der Waals surface area contributed by atoms with Crippen molar-refractivity contribution in [3.8, 4) is 0 Å². The number of likely N-dealkylation sites (N-methyl/N-ethyl adjacent to an activating group) is 1. The minimum absolute atomic E-state index is 0.0618. The van der Waals surface area contributed by atoms with Gasteiger partial charge < -0.3 is 10.2 Å². The van der Waals surface area contributed by atoms with Crippen molar-refractivity contribution in [2.45, 2.75) is 13.3 Å². The van der Waals surface area contributed by atoms with Gasteiger partial charge in [-0.3, -0.25) is 9.59 Å². The molecule has 0 aliphatic heterocycles. The Balaban J connectivity index is 2.75. The van der Waals surface area contributed by atoms with Gasteiger partial charge in [-0.25, -0.2) is 4.39 Å². The first-order valence-corrected chi connectivity index (χ1v) is 6.72. The molecule has 6 heteroatoms. The molecular formula is C13H16BrFN2O2.